The molecule has 1 heterocycles. The van der Waals surface area contributed by atoms with Crippen LogP contribution in [-0.2, 0) is 0 Å². The molecule has 14 heavy (non-hydrogen) atoms. The van der Waals surface area contributed by atoms with E-state index in [-0.39, 0.29) is 11.4 Å². The van der Waals surface area contributed by atoms with E-state index in [2.05, 4.69) is 20.8 Å². The predicted octanol–water partition coefficient (Wildman–Crippen LogP) is 0.727. The summed E-state index contributed by atoms with van der Waals surface area (Å²) in [7, 11) is 1.87. The van der Waals surface area contributed by atoms with E-state index in [1.54, 1.807) is 0 Å². The van der Waals surface area contributed by atoms with Gasteiger partial charge in [0.2, 0.25) is 0 Å². The lowest BCUT2D eigenvalue weighted by molar-refractivity contribution is 0.173. The van der Waals surface area contributed by atoms with Gasteiger partial charge in [-0.1, -0.05) is 20.8 Å². The first kappa shape index (κ1) is 11.3. The van der Waals surface area contributed by atoms with Crippen molar-refractivity contribution in [1.29, 1.82) is 0 Å². The van der Waals surface area contributed by atoms with E-state index in [1.165, 1.54) is 0 Å². The van der Waals surface area contributed by atoms with Crippen LogP contribution in [0.1, 0.15) is 20.8 Å². The molecule has 0 spiro atoms. The molecule has 0 aromatic carbocycles. The van der Waals surface area contributed by atoms with Gasteiger partial charge in [0.15, 0.2) is 0 Å². The van der Waals surface area contributed by atoms with Gasteiger partial charge in [0.05, 0.1) is 6.04 Å². The van der Waals surface area contributed by atoms with Gasteiger partial charge in [0.25, 0.3) is 0 Å². The monoisotopic (exact) mass is 199 g/mol. The summed E-state index contributed by atoms with van der Waals surface area (Å²) in [6.45, 7) is 8.48. The van der Waals surface area contributed by atoms with Crippen LogP contribution < -0.4 is 5.73 Å². The van der Waals surface area contributed by atoms with Crippen LogP contribution in [0.4, 0.5) is 4.79 Å². The van der Waals surface area contributed by atoms with Crippen LogP contribution in [0.5, 0.6) is 0 Å². The van der Waals surface area contributed by atoms with Gasteiger partial charge in [0, 0.05) is 26.7 Å². The Morgan fingerprint density at radius 2 is 2.07 bits per heavy atom. The van der Waals surface area contributed by atoms with Gasteiger partial charge in [-0.2, -0.15) is 0 Å². The van der Waals surface area contributed by atoms with Crippen LogP contribution in [0.25, 0.3) is 0 Å². The molecular weight excluding hydrogens is 178 g/mol. The Kier molecular flexibility index (Phi) is 3.04. The van der Waals surface area contributed by atoms with Crippen LogP contribution in [0, 0.1) is 5.41 Å². The summed E-state index contributed by atoms with van der Waals surface area (Å²) in [4.78, 5) is 15.4. The summed E-state index contributed by atoms with van der Waals surface area (Å²) in [5.41, 5.74) is 5.59. The quantitative estimate of drug-likeness (QED) is 0.712. The van der Waals surface area contributed by atoms with E-state index >= 15 is 0 Å². The van der Waals surface area contributed by atoms with E-state index in [9.17, 15) is 4.79 Å². The molecule has 1 saturated heterocycles. The summed E-state index contributed by atoms with van der Waals surface area (Å²) < 4.78 is 0. The van der Waals surface area contributed by atoms with Gasteiger partial charge in [-0.15, -0.1) is 0 Å². The average molecular weight is 199 g/mol. The molecule has 0 aromatic rings. The van der Waals surface area contributed by atoms with Gasteiger partial charge < -0.3 is 15.5 Å². The van der Waals surface area contributed by atoms with Crippen molar-refractivity contribution < 1.29 is 4.79 Å². The summed E-state index contributed by atoms with van der Waals surface area (Å²) in [5.74, 6) is 0. The number of hydrogen-bond donors (Lipinski definition) is 1. The van der Waals surface area contributed by atoms with Gasteiger partial charge in [-0.05, 0) is 5.41 Å². The Bertz CT molecular complexity index is 222. The van der Waals surface area contributed by atoms with Crippen molar-refractivity contribution in [2.45, 2.75) is 26.8 Å². The highest BCUT2D eigenvalue weighted by Gasteiger charge is 2.40. The molecule has 2 amide bonds. The second-order valence-electron chi connectivity index (χ2n) is 5.01. The molecule has 1 atom stereocenters. The zero-order chi connectivity index (χ0) is 10.9. The van der Waals surface area contributed by atoms with E-state index in [1.807, 2.05) is 16.8 Å². The molecule has 4 heteroatoms. The van der Waals surface area contributed by atoms with Crippen LogP contribution in [0.3, 0.4) is 0 Å². The molecule has 0 radical (unpaired) electrons. The minimum Gasteiger partial charge on any atom is -0.329 e. The van der Waals surface area contributed by atoms with Crippen LogP contribution in [0.15, 0.2) is 0 Å². The van der Waals surface area contributed by atoms with E-state index in [4.69, 9.17) is 5.73 Å². The Balaban J connectivity index is 2.72. The highest BCUT2D eigenvalue weighted by Crippen LogP contribution is 2.29. The molecule has 82 valence electrons. The van der Waals surface area contributed by atoms with Crippen molar-refractivity contribution >= 4 is 6.03 Å². The molecule has 1 aliphatic heterocycles. The maximum atomic E-state index is 11.7. The van der Waals surface area contributed by atoms with Crippen molar-refractivity contribution in [3.8, 4) is 0 Å². The van der Waals surface area contributed by atoms with Crippen molar-refractivity contribution in [3.05, 3.63) is 0 Å². The lowest BCUT2D eigenvalue weighted by Gasteiger charge is -2.30. The molecule has 0 aliphatic carbocycles. The maximum Gasteiger partial charge on any atom is 0.320 e. The van der Waals surface area contributed by atoms with E-state index in [0.29, 0.717) is 19.1 Å². The van der Waals surface area contributed by atoms with Crippen molar-refractivity contribution in [2.24, 2.45) is 11.1 Å². The molecule has 0 bridgehead atoms. The first-order chi connectivity index (χ1) is 6.38. The normalized spacial score (nSPS) is 23.5. The summed E-state index contributed by atoms with van der Waals surface area (Å²) >= 11 is 0. The highest BCUT2D eigenvalue weighted by molar-refractivity contribution is 5.77. The molecular formula is C10H21N3O. The minimum absolute atomic E-state index is 0.107. The Morgan fingerprint density at radius 1 is 1.50 bits per heavy atom. The number of nitrogens with zero attached hydrogens (tertiary/aromatic N) is 2. The Hall–Kier alpha value is -0.770. The number of likely N-dealkylation sites (N-methyl/N-ethyl adjacent to an activating group) is 1. The molecule has 1 rings (SSSR count). The number of nitrogens with two attached hydrogens (primary N) is 1. The second kappa shape index (κ2) is 3.77. The fourth-order valence-electron chi connectivity index (χ4n) is 1.96. The SMILES string of the molecule is CN1C(=O)N(CCN)CC1C(C)(C)C. The third-order valence-electron chi connectivity index (χ3n) is 2.83. The molecule has 1 aliphatic rings. The van der Waals surface area contributed by atoms with Crippen molar-refractivity contribution in [2.75, 3.05) is 26.7 Å². The Labute approximate surface area is 86.0 Å². The molecule has 4 nitrogen and oxygen atoms in total. The summed E-state index contributed by atoms with van der Waals surface area (Å²) in [5, 5.41) is 0. The topological polar surface area (TPSA) is 49.6 Å². The first-order valence-electron chi connectivity index (χ1n) is 5.09. The van der Waals surface area contributed by atoms with Gasteiger partial charge >= 0.3 is 6.03 Å². The lowest BCUT2D eigenvalue weighted by Crippen LogP contribution is -2.39. The largest absolute Gasteiger partial charge is 0.329 e. The Morgan fingerprint density at radius 3 is 2.43 bits per heavy atom. The molecule has 1 unspecified atom stereocenters. The predicted molar refractivity (Wildman–Crippen MR) is 57.0 cm³/mol. The van der Waals surface area contributed by atoms with Crippen LogP contribution >= 0.6 is 0 Å². The fourth-order valence-corrected chi connectivity index (χ4v) is 1.96. The second-order valence-corrected chi connectivity index (χ2v) is 5.01. The standard InChI is InChI=1S/C10H21N3O/c1-10(2,3)8-7-13(6-5-11)9(14)12(8)4/h8H,5-7,11H2,1-4H3. The molecule has 1 fully saturated rings. The summed E-state index contributed by atoms with van der Waals surface area (Å²) in [6, 6.07) is 0.400. The maximum absolute atomic E-state index is 11.7. The minimum atomic E-state index is 0.107. The molecule has 0 aromatic heterocycles. The van der Waals surface area contributed by atoms with Gasteiger partial charge in [-0.3, -0.25) is 0 Å². The van der Waals surface area contributed by atoms with Crippen LogP contribution in [0.2, 0.25) is 0 Å². The zero-order valence-corrected chi connectivity index (χ0v) is 9.58. The van der Waals surface area contributed by atoms with Gasteiger partial charge in [0.1, 0.15) is 0 Å². The van der Waals surface area contributed by atoms with E-state index in [0.717, 1.165) is 6.54 Å². The number of urea groups is 1. The number of hydrogen-bond acceptors (Lipinski definition) is 2. The molecule has 0 saturated carbocycles. The lowest BCUT2D eigenvalue weighted by atomic mass is 9.86. The molecule has 2 N–H and O–H groups in total. The van der Waals surface area contributed by atoms with Crippen molar-refractivity contribution in [3.63, 3.8) is 0 Å². The average Bonchev–Trinajstić information content (AvgIpc) is 2.32. The van der Waals surface area contributed by atoms with Crippen LogP contribution in [-0.4, -0.2) is 48.6 Å². The van der Waals surface area contributed by atoms with Gasteiger partial charge in [-0.25, -0.2) is 4.79 Å². The van der Waals surface area contributed by atoms with E-state index < -0.39 is 0 Å². The number of amides is 2. The number of carbonyl (C=O) groups excluding carboxylic acids is 1. The van der Waals surface area contributed by atoms with Crippen molar-refractivity contribution in [1.82, 2.24) is 9.80 Å². The fraction of sp³-hybridized carbons (Fsp3) is 0.900. The number of carbonyl (C=O) groups is 1. The zero-order valence-electron chi connectivity index (χ0n) is 9.58. The third kappa shape index (κ3) is 2.00. The number of rotatable bonds is 2. The third-order valence-corrected chi connectivity index (χ3v) is 2.83. The smallest absolute Gasteiger partial charge is 0.320 e. The first-order valence-corrected chi connectivity index (χ1v) is 5.09. The highest BCUT2D eigenvalue weighted by atomic mass is 16.2. The summed E-state index contributed by atoms with van der Waals surface area (Å²) in [6.07, 6.45) is 0.